The first-order valence-electron chi connectivity index (χ1n) is 8.71. The first-order valence-corrected chi connectivity index (χ1v) is 9.50. The topological polar surface area (TPSA) is 46.0 Å². The van der Waals surface area contributed by atoms with E-state index < -0.39 is 6.17 Å². The standard InChI is InChI=1S/C22H17BrFN3O/c1-28-17-12-10-16(11-13-17)25-22-20(24)21(14-6-8-15(23)9-7-14)26-18-4-2-3-5-19(18)27-22/h2-13,20H,1H3,(H,25,27). The third-order valence-corrected chi connectivity index (χ3v) is 4.87. The van der Waals surface area contributed by atoms with E-state index in [0.29, 0.717) is 22.6 Å². The Morgan fingerprint density at radius 1 is 0.893 bits per heavy atom. The summed E-state index contributed by atoms with van der Waals surface area (Å²) in [4.78, 5) is 9.12. The molecule has 1 unspecified atom stereocenters. The third kappa shape index (κ3) is 3.82. The maximum atomic E-state index is 15.6. The zero-order valence-corrected chi connectivity index (χ0v) is 16.7. The first kappa shape index (κ1) is 18.4. The van der Waals surface area contributed by atoms with Crippen LogP contribution in [0, 0.1) is 0 Å². The predicted octanol–water partition coefficient (Wildman–Crippen LogP) is 6.07. The average molecular weight is 438 g/mol. The first-order chi connectivity index (χ1) is 13.6. The summed E-state index contributed by atoms with van der Waals surface area (Å²) >= 11 is 3.41. The Balaban J connectivity index is 1.76. The second-order valence-corrected chi connectivity index (χ2v) is 7.12. The van der Waals surface area contributed by atoms with Crippen LogP contribution in [0.1, 0.15) is 5.56 Å². The number of anilines is 1. The Morgan fingerprint density at radius 3 is 2.18 bits per heavy atom. The molecule has 0 fully saturated rings. The second kappa shape index (κ2) is 7.94. The number of nitrogens with zero attached hydrogens (tertiary/aromatic N) is 2. The van der Waals surface area contributed by atoms with Gasteiger partial charge in [-0.15, -0.1) is 0 Å². The lowest BCUT2D eigenvalue weighted by Crippen LogP contribution is -2.31. The summed E-state index contributed by atoms with van der Waals surface area (Å²) in [6.45, 7) is 0. The van der Waals surface area contributed by atoms with Crippen LogP contribution in [0.2, 0.25) is 0 Å². The second-order valence-electron chi connectivity index (χ2n) is 6.21. The Bertz CT molecular complexity index is 1050. The lowest BCUT2D eigenvalue weighted by atomic mass is 10.1. The van der Waals surface area contributed by atoms with E-state index in [9.17, 15) is 0 Å². The maximum absolute atomic E-state index is 15.6. The van der Waals surface area contributed by atoms with Gasteiger partial charge >= 0.3 is 0 Å². The van der Waals surface area contributed by atoms with E-state index in [4.69, 9.17) is 4.74 Å². The van der Waals surface area contributed by atoms with Crippen molar-refractivity contribution < 1.29 is 9.13 Å². The van der Waals surface area contributed by atoms with E-state index in [1.165, 1.54) is 0 Å². The number of rotatable bonds is 3. The molecule has 0 bridgehead atoms. The molecule has 0 saturated heterocycles. The third-order valence-electron chi connectivity index (χ3n) is 4.35. The van der Waals surface area contributed by atoms with Crippen molar-refractivity contribution in [3.8, 4) is 5.75 Å². The van der Waals surface area contributed by atoms with E-state index >= 15 is 4.39 Å². The quantitative estimate of drug-likeness (QED) is 0.540. The van der Waals surface area contributed by atoms with Gasteiger partial charge in [-0.1, -0.05) is 40.2 Å². The SMILES string of the molecule is COc1ccc(NC2=Nc3ccccc3N=C(c3ccc(Br)cc3)C2F)cc1. The molecule has 0 aliphatic carbocycles. The maximum Gasteiger partial charge on any atom is 0.200 e. The highest BCUT2D eigenvalue weighted by atomic mass is 79.9. The van der Waals surface area contributed by atoms with Gasteiger partial charge in [-0.25, -0.2) is 14.4 Å². The van der Waals surface area contributed by atoms with Crippen LogP contribution in [0.25, 0.3) is 0 Å². The molecule has 4 nitrogen and oxygen atoms in total. The highest BCUT2D eigenvalue weighted by Crippen LogP contribution is 2.32. The summed E-state index contributed by atoms with van der Waals surface area (Å²) in [6, 6.07) is 22.1. The van der Waals surface area contributed by atoms with Crippen molar-refractivity contribution in [3.05, 3.63) is 82.8 Å². The van der Waals surface area contributed by atoms with E-state index in [2.05, 4.69) is 31.2 Å². The predicted molar refractivity (Wildman–Crippen MR) is 115 cm³/mol. The molecule has 0 amide bonds. The van der Waals surface area contributed by atoms with Crippen LogP contribution >= 0.6 is 15.9 Å². The van der Waals surface area contributed by atoms with Gasteiger partial charge in [0.1, 0.15) is 11.6 Å². The molecule has 1 N–H and O–H groups in total. The molecule has 4 rings (SSSR count). The molecule has 1 atom stereocenters. The van der Waals surface area contributed by atoms with Gasteiger partial charge in [0.05, 0.1) is 24.2 Å². The molecule has 28 heavy (non-hydrogen) atoms. The van der Waals surface area contributed by atoms with Crippen LogP contribution in [-0.2, 0) is 0 Å². The summed E-state index contributed by atoms with van der Waals surface area (Å²) in [5.74, 6) is 0.921. The molecule has 0 spiro atoms. The van der Waals surface area contributed by atoms with Crippen LogP contribution in [-0.4, -0.2) is 24.8 Å². The minimum atomic E-state index is -1.50. The fourth-order valence-electron chi connectivity index (χ4n) is 2.90. The van der Waals surface area contributed by atoms with Crippen molar-refractivity contribution in [2.45, 2.75) is 6.17 Å². The van der Waals surface area contributed by atoms with Gasteiger partial charge in [-0.2, -0.15) is 0 Å². The van der Waals surface area contributed by atoms with Crippen molar-refractivity contribution in [2.24, 2.45) is 9.98 Å². The molecule has 1 aliphatic heterocycles. The van der Waals surface area contributed by atoms with Crippen LogP contribution in [0.4, 0.5) is 21.5 Å². The number of nitrogens with one attached hydrogen (secondary N) is 1. The highest BCUT2D eigenvalue weighted by molar-refractivity contribution is 9.10. The Hall–Kier alpha value is -2.99. The number of methoxy groups -OCH3 is 1. The molecule has 0 saturated carbocycles. The van der Waals surface area contributed by atoms with Gasteiger partial charge < -0.3 is 10.1 Å². The number of hydrogen-bond acceptors (Lipinski definition) is 4. The number of amidine groups is 1. The smallest absolute Gasteiger partial charge is 0.200 e. The van der Waals surface area contributed by atoms with Gasteiger partial charge in [-0.3, -0.25) is 0 Å². The highest BCUT2D eigenvalue weighted by Gasteiger charge is 2.27. The van der Waals surface area contributed by atoms with E-state index in [1.54, 1.807) is 7.11 Å². The molecule has 6 heteroatoms. The molecular formula is C22H17BrFN3O. The Morgan fingerprint density at radius 2 is 1.54 bits per heavy atom. The fraction of sp³-hybridized carbons (Fsp3) is 0.0909. The number of alkyl halides is 1. The summed E-state index contributed by atoms with van der Waals surface area (Å²) in [6.07, 6.45) is -1.50. The summed E-state index contributed by atoms with van der Waals surface area (Å²) in [5, 5.41) is 3.10. The van der Waals surface area contributed by atoms with E-state index in [0.717, 1.165) is 15.9 Å². The largest absolute Gasteiger partial charge is 0.497 e. The number of aliphatic imine (C=N–C) groups is 2. The number of ether oxygens (including phenoxy) is 1. The number of para-hydroxylation sites is 2. The molecule has 1 heterocycles. The normalized spacial score (nSPS) is 15.8. The molecule has 140 valence electrons. The Labute approximate surface area is 170 Å². The van der Waals surface area contributed by atoms with Crippen molar-refractivity contribution in [1.82, 2.24) is 0 Å². The number of benzene rings is 3. The minimum Gasteiger partial charge on any atom is -0.497 e. The lowest BCUT2D eigenvalue weighted by Gasteiger charge is -2.15. The zero-order valence-electron chi connectivity index (χ0n) is 15.1. The minimum absolute atomic E-state index is 0.191. The van der Waals surface area contributed by atoms with Gasteiger partial charge in [0.2, 0.25) is 0 Å². The lowest BCUT2D eigenvalue weighted by molar-refractivity contribution is 0.415. The van der Waals surface area contributed by atoms with Crippen LogP contribution in [0.15, 0.2) is 87.3 Å². The van der Waals surface area contributed by atoms with Crippen LogP contribution < -0.4 is 10.1 Å². The van der Waals surface area contributed by atoms with E-state index in [-0.39, 0.29) is 5.84 Å². The molecule has 1 aliphatic rings. The molecule has 3 aromatic rings. The van der Waals surface area contributed by atoms with Crippen LogP contribution in [0.3, 0.4) is 0 Å². The van der Waals surface area contributed by atoms with Gasteiger partial charge in [-0.05, 0) is 54.1 Å². The van der Waals surface area contributed by atoms with Crippen molar-refractivity contribution in [2.75, 3.05) is 12.4 Å². The molecular weight excluding hydrogens is 421 g/mol. The van der Waals surface area contributed by atoms with Gasteiger partial charge in [0.15, 0.2) is 6.17 Å². The average Bonchev–Trinajstić information content (AvgIpc) is 2.86. The summed E-state index contributed by atoms with van der Waals surface area (Å²) in [7, 11) is 1.60. The van der Waals surface area contributed by atoms with Crippen molar-refractivity contribution >= 4 is 44.5 Å². The summed E-state index contributed by atoms with van der Waals surface area (Å²) < 4.78 is 21.7. The number of halogens is 2. The number of hydrogen-bond donors (Lipinski definition) is 1. The molecule has 0 radical (unpaired) electrons. The van der Waals surface area contributed by atoms with Crippen molar-refractivity contribution in [1.29, 1.82) is 0 Å². The summed E-state index contributed by atoms with van der Waals surface area (Å²) in [5.41, 5.74) is 2.99. The number of fused-ring (bicyclic) bond motifs is 1. The van der Waals surface area contributed by atoms with Gasteiger partial charge in [0.25, 0.3) is 0 Å². The molecule has 0 aromatic heterocycles. The Kier molecular flexibility index (Phi) is 5.21. The van der Waals surface area contributed by atoms with Gasteiger partial charge in [0, 0.05) is 10.2 Å². The fourth-order valence-corrected chi connectivity index (χ4v) is 3.17. The monoisotopic (exact) mass is 437 g/mol. The van der Waals surface area contributed by atoms with E-state index in [1.807, 2.05) is 72.8 Å². The van der Waals surface area contributed by atoms with Crippen molar-refractivity contribution in [3.63, 3.8) is 0 Å². The zero-order chi connectivity index (χ0) is 19.5. The van der Waals surface area contributed by atoms with Crippen LogP contribution in [0.5, 0.6) is 5.75 Å². The molecule has 3 aromatic carbocycles.